The van der Waals surface area contributed by atoms with Gasteiger partial charge in [-0.1, -0.05) is 77.9 Å². The summed E-state index contributed by atoms with van der Waals surface area (Å²) in [6, 6.07) is 15.8. The second kappa shape index (κ2) is 11.5. The summed E-state index contributed by atoms with van der Waals surface area (Å²) in [4.78, 5) is 23.9. The first-order valence-electron chi connectivity index (χ1n) is 11.8. The Morgan fingerprint density at radius 3 is 2.06 bits per heavy atom. The average Bonchev–Trinajstić information content (AvgIpc) is 2.76. The molecule has 0 aromatic heterocycles. The Bertz CT molecular complexity index is 926. The number of esters is 2. The number of benzene rings is 2. The predicted molar refractivity (Wildman–Crippen MR) is 132 cm³/mol. The molecule has 2 rings (SSSR count). The van der Waals surface area contributed by atoms with E-state index in [0.29, 0.717) is 12.2 Å². The molecule has 0 fully saturated rings. The van der Waals surface area contributed by atoms with Crippen LogP contribution in [0, 0.1) is 17.8 Å². The first-order valence-corrected chi connectivity index (χ1v) is 11.8. The highest BCUT2D eigenvalue weighted by Gasteiger charge is 2.37. The minimum absolute atomic E-state index is 0.103. The van der Waals surface area contributed by atoms with Crippen LogP contribution in [0.25, 0.3) is 0 Å². The molecule has 5 nitrogen and oxygen atoms in total. The molecule has 2 aromatic carbocycles. The van der Waals surface area contributed by atoms with Crippen LogP contribution in [0.3, 0.4) is 0 Å². The molecule has 0 saturated heterocycles. The van der Waals surface area contributed by atoms with Gasteiger partial charge in [-0.25, -0.2) is 0 Å². The van der Waals surface area contributed by atoms with Crippen LogP contribution in [-0.2, 0) is 20.9 Å². The van der Waals surface area contributed by atoms with Gasteiger partial charge in [0.1, 0.15) is 12.4 Å². The van der Waals surface area contributed by atoms with Crippen molar-refractivity contribution in [3.63, 3.8) is 0 Å². The second-order valence-electron chi connectivity index (χ2n) is 9.82. The molecule has 0 aliphatic rings. The summed E-state index contributed by atoms with van der Waals surface area (Å²) in [7, 11) is 0. The van der Waals surface area contributed by atoms with Gasteiger partial charge in [-0.2, -0.15) is 0 Å². The van der Waals surface area contributed by atoms with Crippen molar-refractivity contribution in [2.75, 3.05) is 0 Å². The smallest absolute Gasteiger partial charge is 0.313 e. The van der Waals surface area contributed by atoms with Crippen molar-refractivity contribution in [2.24, 2.45) is 23.5 Å². The fraction of sp³-hybridized carbons (Fsp3) is 0.500. The summed E-state index contributed by atoms with van der Waals surface area (Å²) in [5, 5.41) is 0. The Labute approximate surface area is 198 Å². The van der Waals surface area contributed by atoms with Gasteiger partial charge in [0, 0.05) is 23.9 Å². The summed E-state index contributed by atoms with van der Waals surface area (Å²) < 4.78 is 11.1. The number of nitrogens with two attached hydrogens (primary N) is 1. The highest BCUT2D eigenvalue weighted by Crippen LogP contribution is 2.42. The number of rotatable bonds is 10. The minimum Gasteiger partial charge on any atom is -0.461 e. The van der Waals surface area contributed by atoms with Crippen LogP contribution in [-0.4, -0.2) is 17.5 Å². The molecule has 1 unspecified atom stereocenters. The first kappa shape index (κ1) is 26.6. The zero-order chi connectivity index (χ0) is 24.8. The van der Waals surface area contributed by atoms with Crippen LogP contribution < -0.4 is 10.5 Å². The van der Waals surface area contributed by atoms with Crippen molar-refractivity contribution < 1.29 is 19.1 Å². The number of hydrogen-bond acceptors (Lipinski definition) is 5. The van der Waals surface area contributed by atoms with Crippen molar-refractivity contribution in [2.45, 2.75) is 73.0 Å². The van der Waals surface area contributed by atoms with Crippen LogP contribution in [0.5, 0.6) is 5.75 Å². The second-order valence-corrected chi connectivity index (χ2v) is 9.82. The summed E-state index contributed by atoms with van der Waals surface area (Å²) in [6.07, 6.45) is 0.676. The van der Waals surface area contributed by atoms with Gasteiger partial charge in [-0.15, -0.1) is 0 Å². The van der Waals surface area contributed by atoms with E-state index in [1.165, 1.54) is 6.92 Å². The van der Waals surface area contributed by atoms with Gasteiger partial charge >= 0.3 is 11.9 Å². The maximum absolute atomic E-state index is 12.5. The molecule has 33 heavy (non-hydrogen) atoms. The van der Waals surface area contributed by atoms with E-state index in [-0.39, 0.29) is 42.2 Å². The summed E-state index contributed by atoms with van der Waals surface area (Å²) in [5.41, 5.74) is 9.38. The average molecular weight is 454 g/mol. The molecule has 0 aliphatic heterocycles. The van der Waals surface area contributed by atoms with Crippen LogP contribution in [0.1, 0.15) is 77.5 Å². The highest BCUT2D eigenvalue weighted by atomic mass is 16.5. The molecular weight excluding hydrogens is 414 g/mol. The Hall–Kier alpha value is -2.66. The molecule has 0 heterocycles. The highest BCUT2D eigenvalue weighted by molar-refractivity contribution is 5.75. The monoisotopic (exact) mass is 453 g/mol. The maximum atomic E-state index is 12.5. The van der Waals surface area contributed by atoms with Crippen LogP contribution >= 0.6 is 0 Å². The van der Waals surface area contributed by atoms with Crippen molar-refractivity contribution in [1.82, 2.24) is 0 Å². The van der Waals surface area contributed by atoms with E-state index in [9.17, 15) is 9.59 Å². The molecule has 0 spiro atoms. The van der Waals surface area contributed by atoms with E-state index in [1.54, 1.807) is 6.07 Å². The van der Waals surface area contributed by atoms with Crippen LogP contribution in [0.15, 0.2) is 48.5 Å². The van der Waals surface area contributed by atoms with Gasteiger partial charge in [0.15, 0.2) is 0 Å². The van der Waals surface area contributed by atoms with Crippen molar-refractivity contribution in [3.8, 4) is 5.75 Å². The lowest BCUT2D eigenvalue weighted by atomic mass is 9.69. The lowest BCUT2D eigenvalue weighted by molar-refractivity contribution is -0.142. The number of hydrogen-bond donors (Lipinski definition) is 1. The van der Waals surface area contributed by atoms with Crippen molar-refractivity contribution in [3.05, 3.63) is 65.2 Å². The van der Waals surface area contributed by atoms with Crippen LogP contribution in [0.4, 0.5) is 0 Å². The van der Waals surface area contributed by atoms with E-state index in [0.717, 1.165) is 16.7 Å². The molecule has 180 valence electrons. The van der Waals surface area contributed by atoms with Crippen molar-refractivity contribution in [1.29, 1.82) is 0 Å². The third-order valence-electron chi connectivity index (χ3n) is 6.48. The van der Waals surface area contributed by atoms with Crippen molar-refractivity contribution >= 4 is 11.9 Å². The van der Waals surface area contributed by atoms with E-state index in [2.05, 4.69) is 39.8 Å². The zero-order valence-corrected chi connectivity index (χ0v) is 21.1. The fourth-order valence-electron chi connectivity index (χ4n) is 4.05. The lowest BCUT2D eigenvalue weighted by Gasteiger charge is -2.41. The predicted octanol–water partition coefficient (Wildman–Crippen LogP) is 5.84. The molecule has 5 heteroatoms. The van der Waals surface area contributed by atoms with Gasteiger partial charge in [0.2, 0.25) is 0 Å². The van der Waals surface area contributed by atoms with E-state index in [4.69, 9.17) is 15.2 Å². The van der Waals surface area contributed by atoms with Gasteiger partial charge in [0.25, 0.3) is 0 Å². The lowest BCUT2D eigenvalue weighted by Crippen LogP contribution is -2.51. The van der Waals surface area contributed by atoms with Gasteiger partial charge < -0.3 is 15.2 Å². The Morgan fingerprint density at radius 2 is 1.55 bits per heavy atom. The summed E-state index contributed by atoms with van der Waals surface area (Å²) >= 11 is 0. The minimum atomic E-state index is -0.439. The number of carbonyl (C=O) groups is 2. The zero-order valence-electron chi connectivity index (χ0n) is 21.1. The summed E-state index contributed by atoms with van der Waals surface area (Å²) in [6.45, 7) is 13.8. The summed E-state index contributed by atoms with van der Waals surface area (Å²) in [5.74, 6) is 0.0182. The Morgan fingerprint density at radius 1 is 0.939 bits per heavy atom. The third kappa shape index (κ3) is 6.91. The quantitative estimate of drug-likeness (QED) is 0.361. The topological polar surface area (TPSA) is 78.6 Å². The molecule has 0 aliphatic carbocycles. The van der Waals surface area contributed by atoms with Gasteiger partial charge in [0.05, 0.1) is 5.92 Å². The van der Waals surface area contributed by atoms with E-state index >= 15 is 0 Å². The normalized spacial score (nSPS) is 12.8. The molecule has 0 radical (unpaired) electrons. The standard InChI is InChI=1S/C28H39NO4/c1-18(2)27(31)33-26-14-13-22(17-32-21(7)30)15-24(26)25(23-11-9-8-10-12-23)16-28(29,19(3)4)20(5)6/h8-15,18-20,25H,16-17,29H2,1-7H3. The molecule has 1 atom stereocenters. The molecule has 2 aromatic rings. The molecule has 2 N–H and O–H groups in total. The maximum Gasteiger partial charge on any atom is 0.313 e. The SMILES string of the molecule is CC(=O)OCc1ccc(OC(=O)C(C)C)c(C(CC(N)(C(C)C)C(C)C)c2ccccc2)c1. The van der Waals surface area contributed by atoms with E-state index in [1.807, 2.05) is 44.2 Å². The van der Waals surface area contributed by atoms with E-state index < -0.39 is 5.54 Å². The first-order chi connectivity index (χ1) is 15.5. The van der Waals surface area contributed by atoms with Crippen LogP contribution in [0.2, 0.25) is 0 Å². The number of carbonyl (C=O) groups excluding carboxylic acids is 2. The molecular formula is C28H39NO4. The van der Waals surface area contributed by atoms with Gasteiger partial charge in [-0.05, 0) is 41.5 Å². The third-order valence-corrected chi connectivity index (χ3v) is 6.48. The fourth-order valence-corrected chi connectivity index (χ4v) is 4.05. The number of ether oxygens (including phenoxy) is 2. The Kier molecular flexibility index (Phi) is 9.24. The largest absolute Gasteiger partial charge is 0.461 e. The molecule has 0 bridgehead atoms. The molecule has 0 saturated carbocycles. The molecule has 0 amide bonds. The van der Waals surface area contributed by atoms with Gasteiger partial charge in [-0.3, -0.25) is 9.59 Å². The Balaban J connectivity index is 2.66.